The standard InChI is InChI=1S/C15H20N4/c1-12-14(16-2)18-11-19-15(12)17-10-6-9-13-7-4-3-5-8-13/h3-5,7-8,11H,6,9-10H2,1-2H3,(H2,16,17,18,19). The Bertz CT molecular complexity index is 511. The molecule has 2 N–H and O–H groups in total. The van der Waals surface area contributed by atoms with E-state index in [9.17, 15) is 0 Å². The molecular formula is C15H20N4. The van der Waals surface area contributed by atoms with Crippen molar-refractivity contribution in [1.29, 1.82) is 0 Å². The van der Waals surface area contributed by atoms with E-state index in [1.165, 1.54) is 5.56 Å². The highest BCUT2D eigenvalue weighted by molar-refractivity contribution is 5.55. The maximum Gasteiger partial charge on any atom is 0.134 e. The van der Waals surface area contributed by atoms with Gasteiger partial charge in [0.1, 0.15) is 18.0 Å². The summed E-state index contributed by atoms with van der Waals surface area (Å²) in [5.74, 6) is 1.79. The fourth-order valence-electron chi connectivity index (χ4n) is 2.02. The summed E-state index contributed by atoms with van der Waals surface area (Å²) >= 11 is 0. The Kier molecular flexibility index (Phi) is 4.72. The number of benzene rings is 1. The van der Waals surface area contributed by atoms with Gasteiger partial charge < -0.3 is 10.6 Å². The van der Waals surface area contributed by atoms with E-state index in [1.54, 1.807) is 6.33 Å². The second-order valence-corrected chi connectivity index (χ2v) is 4.46. The second kappa shape index (κ2) is 6.73. The first-order valence-corrected chi connectivity index (χ1v) is 6.58. The number of nitrogens with one attached hydrogen (secondary N) is 2. The zero-order valence-corrected chi connectivity index (χ0v) is 11.5. The molecule has 0 spiro atoms. The van der Waals surface area contributed by atoms with Crippen LogP contribution < -0.4 is 10.6 Å². The number of aryl methyl sites for hydroxylation is 1. The summed E-state index contributed by atoms with van der Waals surface area (Å²) in [6, 6.07) is 10.5. The highest BCUT2D eigenvalue weighted by Crippen LogP contribution is 2.17. The summed E-state index contributed by atoms with van der Waals surface area (Å²) in [7, 11) is 1.87. The molecule has 1 heterocycles. The van der Waals surface area contributed by atoms with Gasteiger partial charge >= 0.3 is 0 Å². The third kappa shape index (κ3) is 3.68. The van der Waals surface area contributed by atoms with Crippen LogP contribution in [0, 0.1) is 6.92 Å². The molecule has 2 aromatic rings. The summed E-state index contributed by atoms with van der Waals surface area (Å²) in [6.45, 7) is 2.93. The molecule has 0 bridgehead atoms. The fourth-order valence-corrected chi connectivity index (χ4v) is 2.02. The zero-order valence-electron chi connectivity index (χ0n) is 11.5. The lowest BCUT2D eigenvalue weighted by molar-refractivity contribution is 0.856. The van der Waals surface area contributed by atoms with Crippen LogP contribution in [-0.4, -0.2) is 23.6 Å². The van der Waals surface area contributed by atoms with Gasteiger partial charge in [-0.05, 0) is 25.3 Å². The minimum absolute atomic E-state index is 0.876. The third-order valence-corrected chi connectivity index (χ3v) is 3.10. The van der Waals surface area contributed by atoms with Crippen molar-refractivity contribution in [2.45, 2.75) is 19.8 Å². The molecule has 1 aromatic carbocycles. The Morgan fingerprint density at radius 2 is 1.79 bits per heavy atom. The normalized spacial score (nSPS) is 10.2. The molecule has 0 aliphatic carbocycles. The van der Waals surface area contributed by atoms with Crippen LogP contribution in [0.4, 0.5) is 11.6 Å². The summed E-state index contributed by atoms with van der Waals surface area (Å²) in [4.78, 5) is 8.44. The van der Waals surface area contributed by atoms with Crippen LogP contribution in [0.2, 0.25) is 0 Å². The van der Waals surface area contributed by atoms with Crippen LogP contribution >= 0.6 is 0 Å². The first-order valence-electron chi connectivity index (χ1n) is 6.58. The fraction of sp³-hybridized carbons (Fsp3) is 0.333. The molecule has 0 unspecified atom stereocenters. The van der Waals surface area contributed by atoms with E-state index in [0.717, 1.165) is 36.6 Å². The molecule has 0 atom stereocenters. The van der Waals surface area contributed by atoms with Crippen molar-refractivity contribution in [3.05, 3.63) is 47.8 Å². The van der Waals surface area contributed by atoms with Gasteiger partial charge in [-0.2, -0.15) is 0 Å². The molecule has 0 radical (unpaired) electrons. The Hall–Kier alpha value is -2.10. The number of hydrogen-bond donors (Lipinski definition) is 2. The summed E-state index contributed by atoms with van der Waals surface area (Å²) < 4.78 is 0. The van der Waals surface area contributed by atoms with Gasteiger partial charge in [0.25, 0.3) is 0 Å². The zero-order chi connectivity index (χ0) is 13.5. The van der Waals surface area contributed by atoms with Gasteiger partial charge in [0.2, 0.25) is 0 Å². The van der Waals surface area contributed by atoms with E-state index < -0.39 is 0 Å². The number of rotatable bonds is 6. The lowest BCUT2D eigenvalue weighted by Crippen LogP contribution is -2.08. The lowest BCUT2D eigenvalue weighted by atomic mass is 10.1. The third-order valence-electron chi connectivity index (χ3n) is 3.10. The first-order chi connectivity index (χ1) is 9.31. The van der Waals surface area contributed by atoms with Crippen LogP contribution in [-0.2, 0) is 6.42 Å². The highest BCUT2D eigenvalue weighted by atomic mass is 15.1. The molecule has 0 aliphatic rings. The number of anilines is 2. The molecule has 4 nitrogen and oxygen atoms in total. The highest BCUT2D eigenvalue weighted by Gasteiger charge is 2.04. The van der Waals surface area contributed by atoms with Crippen LogP contribution in [0.3, 0.4) is 0 Å². The van der Waals surface area contributed by atoms with E-state index in [2.05, 4.69) is 44.9 Å². The quantitative estimate of drug-likeness (QED) is 0.780. The van der Waals surface area contributed by atoms with Crippen LogP contribution in [0.25, 0.3) is 0 Å². The van der Waals surface area contributed by atoms with Crippen molar-refractivity contribution in [2.24, 2.45) is 0 Å². The van der Waals surface area contributed by atoms with Gasteiger partial charge in [-0.25, -0.2) is 9.97 Å². The van der Waals surface area contributed by atoms with Crippen LogP contribution in [0.1, 0.15) is 17.5 Å². The summed E-state index contributed by atoms with van der Waals surface area (Å²) in [5, 5.41) is 6.43. The van der Waals surface area contributed by atoms with Crippen molar-refractivity contribution < 1.29 is 0 Å². The smallest absolute Gasteiger partial charge is 0.134 e. The second-order valence-electron chi connectivity index (χ2n) is 4.46. The van der Waals surface area contributed by atoms with Gasteiger partial charge in [0.05, 0.1) is 0 Å². The topological polar surface area (TPSA) is 49.8 Å². The predicted octanol–water partition coefficient (Wildman–Crippen LogP) is 2.87. The van der Waals surface area contributed by atoms with Gasteiger partial charge in [-0.15, -0.1) is 0 Å². The van der Waals surface area contributed by atoms with E-state index >= 15 is 0 Å². The molecular weight excluding hydrogens is 236 g/mol. The monoisotopic (exact) mass is 256 g/mol. The van der Waals surface area contributed by atoms with E-state index in [1.807, 2.05) is 20.0 Å². The Morgan fingerprint density at radius 3 is 2.53 bits per heavy atom. The number of nitrogens with zero attached hydrogens (tertiary/aromatic N) is 2. The average Bonchev–Trinajstić information content (AvgIpc) is 2.46. The molecule has 1 aromatic heterocycles. The molecule has 0 saturated heterocycles. The van der Waals surface area contributed by atoms with Gasteiger partial charge in [-0.3, -0.25) is 0 Å². The predicted molar refractivity (Wildman–Crippen MR) is 79.6 cm³/mol. The minimum Gasteiger partial charge on any atom is -0.373 e. The molecule has 0 amide bonds. The van der Waals surface area contributed by atoms with Crippen molar-refractivity contribution in [2.75, 3.05) is 24.2 Å². The van der Waals surface area contributed by atoms with Crippen molar-refractivity contribution in [3.63, 3.8) is 0 Å². The maximum atomic E-state index is 4.27. The summed E-state index contributed by atoms with van der Waals surface area (Å²) in [5.41, 5.74) is 2.43. The van der Waals surface area contributed by atoms with Gasteiger partial charge in [0.15, 0.2) is 0 Å². The van der Waals surface area contributed by atoms with E-state index in [4.69, 9.17) is 0 Å². The Morgan fingerprint density at radius 1 is 1.05 bits per heavy atom. The average molecular weight is 256 g/mol. The molecule has 4 heteroatoms. The van der Waals surface area contributed by atoms with Crippen molar-refractivity contribution >= 4 is 11.6 Å². The molecule has 2 rings (SSSR count). The minimum atomic E-state index is 0.876. The molecule has 19 heavy (non-hydrogen) atoms. The van der Waals surface area contributed by atoms with Gasteiger partial charge in [-0.1, -0.05) is 30.3 Å². The van der Waals surface area contributed by atoms with Crippen molar-refractivity contribution in [3.8, 4) is 0 Å². The summed E-state index contributed by atoms with van der Waals surface area (Å²) in [6.07, 6.45) is 3.75. The molecule has 0 saturated carbocycles. The molecule has 0 fully saturated rings. The molecule has 0 aliphatic heterocycles. The SMILES string of the molecule is CNc1ncnc(NCCCc2ccccc2)c1C. The Balaban J connectivity index is 1.83. The lowest BCUT2D eigenvalue weighted by Gasteiger charge is -2.10. The van der Waals surface area contributed by atoms with Crippen molar-refractivity contribution in [1.82, 2.24) is 9.97 Å². The van der Waals surface area contributed by atoms with Crippen LogP contribution in [0.5, 0.6) is 0 Å². The maximum absolute atomic E-state index is 4.27. The van der Waals surface area contributed by atoms with E-state index in [0.29, 0.717) is 0 Å². The first kappa shape index (κ1) is 13.3. The van der Waals surface area contributed by atoms with Crippen LogP contribution in [0.15, 0.2) is 36.7 Å². The van der Waals surface area contributed by atoms with Gasteiger partial charge in [0, 0.05) is 19.2 Å². The number of aromatic nitrogens is 2. The largest absolute Gasteiger partial charge is 0.373 e. The Labute approximate surface area is 114 Å². The number of hydrogen-bond acceptors (Lipinski definition) is 4. The molecule has 100 valence electrons. The van der Waals surface area contributed by atoms with E-state index in [-0.39, 0.29) is 0 Å².